The maximum Gasteiger partial charge on any atom is 0.138 e. The molecule has 0 atom stereocenters. The number of phenolic OH excluding ortho intramolecular Hbond substituents is 1. The first-order valence-corrected chi connectivity index (χ1v) is 5.26. The number of hydrogen-bond donors (Lipinski definition) is 1. The summed E-state index contributed by atoms with van der Waals surface area (Å²) in [5, 5.41) is 9.67. The molecule has 13 heavy (non-hydrogen) atoms. The van der Waals surface area contributed by atoms with Crippen LogP contribution < -0.4 is 0 Å². The van der Waals surface area contributed by atoms with Crippen molar-refractivity contribution in [3.8, 4) is 5.75 Å². The van der Waals surface area contributed by atoms with Crippen LogP contribution in [0, 0.1) is 0 Å². The Morgan fingerprint density at radius 2 is 2.00 bits per heavy atom. The van der Waals surface area contributed by atoms with Gasteiger partial charge in [0.25, 0.3) is 0 Å². The highest BCUT2D eigenvalue weighted by molar-refractivity contribution is 9.11. The minimum Gasteiger partial charge on any atom is -0.506 e. The molecule has 0 saturated heterocycles. The molecule has 1 aromatic rings. The Bertz CT molecular complexity index is 361. The lowest BCUT2D eigenvalue weighted by molar-refractivity contribution is 0.470. The minimum absolute atomic E-state index is 0.228. The Morgan fingerprint density at radius 3 is 2.54 bits per heavy atom. The lowest BCUT2D eigenvalue weighted by Crippen LogP contribution is -1.95. The molecule has 0 unspecified atom stereocenters. The highest BCUT2D eigenvalue weighted by atomic mass is 79.9. The second kappa shape index (κ2) is 4.24. The Kier molecular flexibility index (Phi) is 3.50. The van der Waals surface area contributed by atoms with Crippen LogP contribution in [0.25, 0.3) is 0 Å². The first kappa shape index (κ1) is 10.7. The highest BCUT2D eigenvalue weighted by Crippen LogP contribution is 2.31. The van der Waals surface area contributed by atoms with Gasteiger partial charge in [-0.15, -0.1) is 0 Å². The van der Waals surface area contributed by atoms with Gasteiger partial charge in [0.05, 0.1) is 4.47 Å². The average Bonchev–Trinajstić information content (AvgIpc) is 2.10. The molecule has 0 heterocycles. The zero-order valence-corrected chi connectivity index (χ0v) is 10.5. The molecule has 0 radical (unpaired) electrons. The first-order valence-electron chi connectivity index (χ1n) is 3.68. The van der Waals surface area contributed by atoms with E-state index in [1.165, 1.54) is 0 Å². The SMILES string of the molecule is CN=C(C)c1cc(Br)cc(Br)c1O. The van der Waals surface area contributed by atoms with Gasteiger partial charge in [-0.1, -0.05) is 15.9 Å². The number of aliphatic imine (C=N–C) groups is 1. The number of rotatable bonds is 1. The quantitative estimate of drug-likeness (QED) is 0.793. The van der Waals surface area contributed by atoms with Crippen molar-refractivity contribution in [3.05, 3.63) is 26.6 Å². The number of phenols is 1. The van der Waals surface area contributed by atoms with Crippen LogP contribution in [-0.4, -0.2) is 17.9 Å². The monoisotopic (exact) mass is 305 g/mol. The highest BCUT2D eigenvalue weighted by Gasteiger charge is 2.08. The number of hydrogen-bond acceptors (Lipinski definition) is 2. The van der Waals surface area contributed by atoms with E-state index in [1.54, 1.807) is 13.1 Å². The molecule has 0 aromatic heterocycles. The van der Waals surface area contributed by atoms with Crippen LogP contribution in [0.4, 0.5) is 0 Å². The Morgan fingerprint density at radius 1 is 1.38 bits per heavy atom. The minimum atomic E-state index is 0.228. The van der Waals surface area contributed by atoms with E-state index in [4.69, 9.17) is 0 Å². The second-order valence-corrected chi connectivity index (χ2v) is 4.36. The van der Waals surface area contributed by atoms with Gasteiger partial charge in [-0.05, 0) is 35.0 Å². The first-order chi connectivity index (χ1) is 6.06. The molecule has 0 saturated carbocycles. The van der Waals surface area contributed by atoms with Gasteiger partial charge in [0.1, 0.15) is 5.75 Å². The van der Waals surface area contributed by atoms with Crippen LogP contribution in [0.1, 0.15) is 12.5 Å². The van der Waals surface area contributed by atoms with E-state index in [0.29, 0.717) is 4.47 Å². The van der Waals surface area contributed by atoms with Gasteiger partial charge in [0, 0.05) is 22.8 Å². The van der Waals surface area contributed by atoms with Gasteiger partial charge < -0.3 is 5.11 Å². The standard InChI is InChI=1S/C9H9Br2NO/c1-5(12-2)7-3-6(10)4-8(11)9(7)13/h3-4,13H,1-2H3. The van der Waals surface area contributed by atoms with Crippen LogP contribution in [-0.2, 0) is 0 Å². The van der Waals surface area contributed by atoms with E-state index in [9.17, 15) is 5.11 Å². The summed E-state index contributed by atoms with van der Waals surface area (Å²) in [7, 11) is 1.70. The zero-order valence-electron chi connectivity index (χ0n) is 7.31. The number of benzene rings is 1. The molecule has 1 aromatic carbocycles. The number of nitrogens with zero attached hydrogens (tertiary/aromatic N) is 1. The molecule has 0 bridgehead atoms. The summed E-state index contributed by atoms with van der Waals surface area (Å²) in [6.07, 6.45) is 0. The fraction of sp³-hybridized carbons (Fsp3) is 0.222. The molecule has 2 nitrogen and oxygen atoms in total. The van der Waals surface area contributed by atoms with Crippen LogP contribution in [0.15, 0.2) is 26.1 Å². The fourth-order valence-electron chi connectivity index (χ4n) is 0.962. The van der Waals surface area contributed by atoms with Gasteiger partial charge in [0.2, 0.25) is 0 Å². The normalized spacial score (nSPS) is 11.8. The van der Waals surface area contributed by atoms with E-state index >= 15 is 0 Å². The number of halogens is 2. The largest absolute Gasteiger partial charge is 0.506 e. The van der Waals surface area contributed by atoms with Crippen molar-refractivity contribution >= 4 is 37.6 Å². The van der Waals surface area contributed by atoms with Gasteiger partial charge >= 0.3 is 0 Å². The third-order valence-electron chi connectivity index (χ3n) is 1.75. The van der Waals surface area contributed by atoms with E-state index in [1.807, 2.05) is 13.0 Å². The molecule has 70 valence electrons. The summed E-state index contributed by atoms with van der Waals surface area (Å²) in [6.45, 7) is 1.86. The molecular formula is C9H9Br2NO. The van der Waals surface area contributed by atoms with Crippen molar-refractivity contribution in [2.45, 2.75) is 6.92 Å². The van der Waals surface area contributed by atoms with Gasteiger partial charge in [-0.3, -0.25) is 4.99 Å². The van der Waals surface area contributed by atoms with Gasteiger partial charge in [0.15, 0.2) is 0 Å². The summed E-state index contributed by atoms with van der Waals surface area (Å²) >= 11 is 6.61. The summed E-state index contributed by atoms with van der Waals surface area (Å²) in [5.41, 5.74) is 1.54. The maximum absolute atomic E-state index is 9.67. The van der Waals surface area contributed by atoms with Crippen LogP contribution >= 0.6 is 31.9 Å². The second-order valence-electron chi connectivity index (χ2n) is 2.59. The zero-order chi connectivity index (χ0) is 10.0. The molecule has 0 amide bonds. The summed E-state index contributed by atoms with van der Waals surface area (Å²) in [4.78, 5) is 4.02. The topological polar surface area (TPSA) is 32.6 Å². The third-order valence-corrected chi connectivity index (χ3v) is 2.82. The molecule has 0 spiro atoms. The van der Waals surface area contributed by atoms with Crippen molar-refractivity contribution in [3.63, 3.8) is 0 Å². The lowest BCUT2D eigenvalue weighted by Gasteiger charge is -2.06. The predicted molar refractivity (Wildman–Crippen MR) is 61.6 cm³/mol. The van der Waals surface area contributed by atoms with E-state index in [2.05, 4.69) is 36.9 Å². The predicted octanol–water partition coefficient (Wildman–Crippen LogP) is 3.36. The summed E-state index contributed by atoms with van der Waals surface area (Å²) < 4.78 is 1.58. The van der Waals surface area contributed by atoms with Gasteiger partial charge in [-0.25, -0.2) is 0 Å². The summed E-state index contributed by atoms with van der Waals surface area (Å²) in [5.74, 6) is 0.228. The molecular weight excluding hydrogens is 298 g/mol. The summed E-state index contributed by atoms with van der Waals surface area (Å²) in [6, 6.07) is 3.63. The van der Waals surface area contributed by atoms with E-state index in [-0.39, 0.29) is 5.75 Å². The van der Waals surface area contributed by atoms with Crippen molar-refractivity contribution in [1.82, 2.24) is 0 Å². The number of aromatic hydroxyl groups is 1. The van der Waals surface area contributed by atoms with Crippen LogP contribution in [0.2, 0.25) is 0 Å². The van der Waals surface area contributed by atoms with Gasteiger partial charge in [-0.2, -0.15) is 0 Å². The van der Waals surface area contributed by atoms with Crippen LogP contribution in [0.5, 0.6) is 5.75 Å². The smallest absolute Gasteiger partial charge is 0.138 e. The Labute approximate surface area is 94.0 Å². The Balaban J connectivity index is 3.37. The van der Waals surface area contributed by atoms with Crippen molar-refractivity contribution in [2.24, 2.45) is 4.99 Å². The molecule has 0 aliphatic carbocycles. The molecule has 0 aliphatic rings. The molecule has 0 aliphatic heterocycles. The van der Waals surface area contributed by atoms with E-state index in [0.717, 1.165) is 15.7 Å². The van der Waals surface area contributed by atoms with Crippen molar-refractivity contribution < 1.29 is 5.11 Å². The van der Waals surface area contributed by atoms with E-state index < -0.39 is 0 Å². The maximum atomic E-state index is 9.67. The Hall–Kier alpha value is -0.350. The average molecular weight is 307 g/mol. The molecule has 4 heteroatoms. The van der Waals surface area contributed by atoms with Crippen molar-refractivity contribution in [2.75, 3.05) is 7.05 Å². The molecule has 1 rings (SSSR count). The lowest BCUT2D eigenvalue weighted by atomic mass is 10.1. The fourth-order valence-corrected chi connectivity index (χ4v) is 2.19. The third kappa shape index (κ3) is 2.31. The van der Waals surface area contributed by atoms with Crippen molar-refractivity contribution in [1.29, 1.82) is 0 Å². The molecule has 1 N–H and O–H groups in total. The van der Waals surface area contributed by atoms with Crippen LogP contribution in [0.3, 0.4) is 0 Å². The molecule has 0 fully saturated rings.